The van der Waals surface area contributed by atoms with E-state index in [2.05, 4.69) is 22.0 Å². The first kappa shape index (κ1) is 13.4. The summed E-state index contributed by atoms with van der Waals surface area (Å²) >= 11 is 7.70. The number of halogens is 1. The molecule has 2 aromatic heterocycles. The Morgan fingerprint density at radius 1 is 1.39 bits per heavy atom. The maximum absolute atomic E-state index is 6.02. The zero-order chi connectivity index (χ0) is 13.3. The molecule has 0 fully saturated rings. The molecule has 2 heterocycles. The van der Waals surface area contributed by atoms with Crippen LogP contribution in [0, 0.1) is 13.8 Å². The van der Waals surface area contributed by atoms with Gasteiger partial charge in [-0.2, -0.15) is 5.10 Å². The summed E-state index contributed by atoms with van der Waals surface area (Å²) in [5.74, 6) is 1.57. The Balaban J connectivity index is 2.29. The van der Waals surface area contributed by atoms with E-state index in [0.717, 1.165) is 29.3 Å². The van der Waals surface area contributed by atoms with Crippen LogP contribution in [0.25, 0.3) is 0 Å². The van der Waals surface area contributed by atoms with Crippen LogP contribution >= 0.6 is 22.9 Å². The predicted molar refractivity (Wildman–Crippen MR) is 76.5 cm³/mol. The highest BCUT2D eigenvalue weighted by molar-refractivity contribution is 7.09. The molecule has 0 unspecified atom stereocenters. The molecule has 98 valence electrons. The molecular formula is C12H17ClN4S. The van der Waals surface area contributed by atoms with Crippen LogP contribution in [-0.2, 0) is 19.5 Å². The van der Waals surface area contributed by atoms with Crippen molar-refractivity contribution in [3.8, 4) is 0 Å². The van der Waals surface area contributed by atoms with E-state index in [1.807, 2.05) is 31.1 Å². The Hall–Kier alpha value is -1.07. The van der Waals surface area contributed by atoms with E-state index in [1.54, 1.807) is 11.3 Å². The summed E-state index contributed by atoms with van der Waals surface area (Å²) in [6.07, 6.45) is 0. The predicted octanol–water partition coefficient (Wildman–Crippen LogP) is 2.87. The average Bonchev–Trinajstić information content (AvgIpc) is 2.82. The van der Waals surface area contributed by atoms with Crippen LogP contribution in [0.2, 0.25) is 0 Å². The second-order valence-corrected chi connectivity index (χ2v) is 5.57. The lowest BCUT2D eigenvalue weighted by Gasteiger charge is -2.20. The summed E-state index contributed by atoms with van der Waals surface area (Å²) in [6, 6.07) is 0. The first-order valence-electron chi connectivity index (χ1n) is 5.73. The van der Waals surface area contributed by atoms with Gasteiger partial charge in [0.05, 0.1) is 29.3 Å². The Labute approximate surface area is 116 Å². The smallest absolute Gasteiger partial charge is 0.131 e. The van der Waals surface area contributed by atoms with E-state index in [0.29, 0.717) is 5.88 Å². The van der Waals surface area contributed by atoms with Gasteiger partial charge < -0.3 is 4.90 Å². The number of rotatable bonds is 4. The summed E-state index contributed by atoms with van der Waals surface area (Å²) < 4.78 is 1.89. The number of aromatic nitrogens is 3. The van der Waals surface area contributed by atoms with Crippen molar-refractivity contribution in [2.75, 3.05) is 11.9 Å². The number of hydrogen-bond donors (Lipinski definition) is 0. The molecule has 0 saturated carbocycles. The second kappa shape index (κ2) is 5.28. The molecule has 2 rings (SSSR count). The monoisotopic (exact) mass is 284 g/mol. The molecule has 4 nitrogen and oxygen atoms in total. The third kappa shape index (κ3) is 2.37. The van der Waals surface area contributed by atoms with Gasteiger partial charge in [-0.1, -0.05) is 0 Å². The third-order valence-electron chi connectivity index (χ3n) is 3.03. The molecule has 0 aromatic carbocycles. The standard InChI is InChI=1S/C12H17ClN4S/c1-8-10(5-13)12(17(4)15-8)16(3)6-11-9(2)14-7-18-11/h7H,5-6H2,1-4H3. The fourth-order valence-corrected chi connectivity index (χ4v) is 3.23. The summed E-state index contributed by atoms with van der Waals surface area (Å²) in [5, 5.41) is 4.43. The zero-order valence-corrected chi connectivity index (χ0v) is 12.6. The third-order valence-corrected chi connectivity index (χ3v) is 4.22. The van der Waals surface area contributed by atoms with Crippen LogP contribution in [0.4, 0.5) is 5.82 Å². The quantitative estimate of drug-likeness (QED) is 0.810. The minimum Gasteiger partial charge on any atom is -0.354 e. The van der Waals surface area contributed by atoms with Crippen LogP contribution in [0.3, 0.4) is 0 Å². The lowest BCUT2D eigenvalue weighted by molar-refractivity contribution is 0.727. The van der Waals surface area contributed by atoms with Crippen molar-refractivity contribution in [3.05, 3.63) is 27.3 Å². The summed E-state index contributed by atoms with van der Waals surface area (Å²) in [6.45, 7) is 4.86. The van der Waals surface area contributed by atoms with E-state index < -0.39 is 0 Å². The van der Waals surface area contributed by atoms with Crippen LogP contribution in [0.1, 0.15) is 21.8 Å². The highest BCUT2D eigenvalue weighted by atomic mass is 35.5. The van der Waals surface area contributed by atoms with Crippen molar-refractivity contribution in [3.63, 3.8) is 0 Å². The molecular weight excluding hydrogens is 268 g/mol. The van der Waals surface area contributed by atoms with Gasteiger partial charge in [-0.15, -0.1) is 22.9 Å². The molecule has 0 aliphatic carbocycles. The van der Waals surface area contributed by atoms with Gasteiger partial charge in [0, 0.05) is 24.5 Å². The maximum Gasteiger partial charge on any atom is 0.131 e. The average molecular weight is 285 g/mol. The molecule has 6 heteroatoms. The molecule has 18 heavy (non-hydrogen) atoms. The van der Waals surface area contributed by atoms with Crippen molar-refractivity contribution in [2.45, 2.75) is 26.3 Å². The minimum absolute atomic E-state index is 0.487. The van der Waals surface area contributed by atoms with Crippen molar-refractivity contribution < 1.29 is 0 Å². The van der Waals surface area contributed by atoms with Crippen molar-refractivity contribution in [1.29, 1.82) is 0 Å². The number of aryl methyl sites for hydroxylation is 3. The molecule has 0 bridgehead atoms. The summed E-state index contributed by atoms with van der Waals surface area (Å²) in [4.78, 5) is 7.73. The first-order chi connectivity index (χ1) is 8.54. The molecule has 0 radical (unpaired) electrons. The van der Waals surface area contributed by atoms with Crippen LogP contribution in [0.5, 0.6) is 0 Å². The van der Waals surface area contributed by atoms with Crippen LogP contribution in [0.15, 0.2) is 5.51 Å². The normalized spacial score (nSPS) is 10.9. The zero-order valence-electron chi connectivity index (χ0n) is 11.1. The van der Waals surface area contributed by atoms with E-state index in [1.165, 1.54) is 4.88 Å². The molecule has 0 amide bonds. The van der Waals surface area contributed by atoms with E-state index >= 15 is 0 Å². The Kier molecular flexibility index (Phi) is 3.92. The van der Waals surface area contributed by atoms with Gasteiger partial charge in [0.1, 0.15) is 5.82 Å². The van der Waals surface area contributed by atoms with Crippen LogP contribution < -0.4 is 4.90 Å². The molecule has 0 saturated heterocycles. The SMILES string of the molecule is Cc1ncsc1CN(C)c1c(CCl)c(C)nn1C. The highest BCUT2D eigenvalue weighted by Gasteiger charge is 2.17. The van der Waals surface area contributed by atoms with Gasteiger partial charge in [0.2, 0.25) is 0 Å². The van der Waals surface area contributed by atoms with E-state index in [9.17, 15) is 0 Å². The number of hydrogen-bond acceptors (Lipinski definition) is 4. The molecule has 0 aliphatic heterocycles. The van der Waals surface area contributed by atoms with E-state index in [4.69, 9.17) is 11.6 Å². The van der Waals surface area contributed by atoms with Gasteiger partial charge in [-0.25, -0.2) is 4.98 Å². The van der Waals surface area contributed by atoms with Gasteiger partial charge in [0.15, 0.2) is 0 Å². The molecule has 2 aromatic rings. The van der Waals surface area contributed by atoms with Gasteiger partial charge in [-0.05, 0) is 13.8 Å². The molecule has 0 aliphatic rings. The van der Waals surface area contributed by atoms with Crippen molar-refractivity contribution in [2.24, 2.45) is 7.05 Å². The highest BCUT2D eigenvalue weighted by Crippen LogP contribution is 2.26. The van der Waals surface area contributed by atoms with Gasteiger partial charge >= 0.3 is 0 Å². The maximum atomic E-state index is 6.02. The lowest BCUT2D eigenvalue weighted by atomic mass is 10.2. The second-order valence-electron chi connectivity index (χ2n) is 4.36. The Morgan fingerprint density at radius 2 is 2.11 bits per heavy atom. The summed E-state index contributed by atoms with van der Waals surface area (Å²) in [5.41, 5.74) is 5.08. The Morgan fingerprint density at radius 3 is 2.67 bits per heavy atom. The molecule has 0 N–H and O–H groups in total. The number of thiazole rings is 1. The van der Waals surface area contributed by atoms with Gasteiger partial charge in [0.25, 0.3) is 0 Å². The van der Waals surface area contributed by atoms with Crippen molar-refractivity contribution in [1.82, 2.24) is 14.8 Å². The largest absolute Gasteiger partial charge is 0.354 e. The summed E-state index contributed by atoms with van der Waals surface area (Å²) in [7, 11) is 4.01. The van der Waals surface area contributed by atoms with Crippen LogP contribution in [-0.4, -0.2) is 21.8 Å². The number of anilines is 1. The fraction of sp³-hybridized carbons (Fsp3) is 0.500. The van der Waals surface area contributed by atoms with Gasteiger partial charge in [-0.3, -0.25) is 4.68 Å². The molecule has 0 atom stereocenters. The number of alkyl halides is 1. The van der Waals surface area contributed by atoms with E-state index in [-0.39, 0.29) is 0 Å². The Bertz CT molecular complexity index is 546. The lowest BCUT2D eigenvalue weighted by Crippen LogP contribution is -2.20. The first-order valence-corrected chi connectivity index (χ1v) is 7.14. The topological polar surface area (TPSA) is 34.0 Å². The van der Waals surface area contributed by atoms with Crippen molar-refractivity contribution >= 4 is 28.8 Å². The molecule has 0 spiro atoms. The minimum atomic E-state index is 0.487. The number of nitrogens with zero attached hydrogens (tertiary/aromatic N) is 4. The fourth-order valence-electron chi connectivity index (χ4n) is 2.09.